The summed E-state index contributed by atoms with van der Waals surface area (Å²) in [6.45, 7) is 9.16. The van der Waals surface area contributed by atoms with E-state index in [4.69, 9.17) is 0 Å². The van der Waals surface area contributed by atoms with Gasteiger partial charge in [-0.05, 0) is 5.92 Å². The molecule has 0 amide bonds. The molecule has 0 heterocycles. The number of hydrogen-bond acceptors (Lipinski definition) is 2. The number of Topliss-reactive ketones (excluding diaryl/α,β-unsaturated/α-hetero) is 1. The Morgan fingerprint density at radius 3 is 2.25 bits per heavy atom. The van der Waals surface area contributed by atoms with Crippen molar-refractivity contribution in [3.05, 3.63) is 0 Å². The van der Waals surface area contributed by atoms with Crippen LogP contribution >= 0.6 is 0 Å². The molecule has 0 saturated heterocycles. The fourth-order valence-electron chi connectivity index (χ4n) is 1.06. The quantitative estimate of drug-likeness (QED) is 0.662. The van der Waals surface area contributed by atoms with Crippen LogP contribution in [0, 0.1) is 5.92 Å². The monoisotopic (exact) mass is 171 g/mol. The summed E-state index contributed by atoms with van der Waals surface area (Å²) in [5.41, 5.74) is 0. The van der Waals surface area contributed by atoms with E-state index in [1.165, 1.54) is 0 Å². The largest absolute Gasteiger partial charge is 0.314 e. The third-order valence-corrected chi connectivity index (χ3v) is 1.59. The van der Waals surface area contributed by atoms with Crippen molar-refractivity contribution in [1.29, 1.82) is 0 Å². The van der Waals surface area contributed by atoms with Crippen LogP contribution in [0.1, 0.15) is 40.5 Å². The van der Waals surface area contributed by atoms with Crippen LogP contribution in [-0.2, 0) is 4.79 Å². The van der Waals surface area contributed by atoms with Crippen molar-refractivity contribution in [3.63, 3.8) is 0 Å². The minimum absolute atomic E-state index is 0.373. The van der Waals surface area contributed by atoms with Gasteiger partial charge in [0, 0.05) is 25.4 Å². The molecule has 72 valence electrons. The first-order valence-corrected chi connectivity index (χ1v) is 4.77. The summed E-state index contributed by atoms with van der Waals surface area (Å²) < 4.78 is 0. The predicted molar refractivity (Wildman–Crippen MR) is 52.2 cm³/mol. The maximum absolute atomic E-state index is 11.2. The lowest BCUT2D eigenvalue weighted by molar-refractivity contribution is -0.119. The molecular weight excluding hydrogens is 150 g/mol. The fraction of sp³-hybridized carbons (Fsp3) is 0.900. The summed E-state index contributed by atoms with van der Waals surface area (Å²) in [7, 11) is 0. The Morgan fingerprint density at radius 1 is 1.25 bits per heavy atom. The van der Waals surface area contributed by atoms with Crippen LogP contribution in [0.5, 0.6) is 0 Å². The molecule has 0 unspecified atom stereocenters. The van der Waals surface area contributed by atoms with Crippen LogP contribution in [0.4, 0.5) is 0 Å². The van der Waals surface area contributed by atoms with Gasteiger partial charge in [-0.15, -0.1) is 0 Å². The van der Waals surface area contributed by atoms with Crippen LogP contribution in [0.25, 0.3) is 0 Å². The van der Waals surface area contributed by atoms with Gasteiger partial charge in [-0.25, -0.2) is 0 Å². The van der Waals surface area contributed by atoms with Crippen LogP contribution in [-0.4, -0.2) is 18.4 Å². The van der Waals surface area contributed by atoms with Gasteiger partial charge < -0.3 is 5.32 Å². The molecule has 2 heteroatoms. The molecular formula is C10H21NO. The van der Waals surface area contributed by atoms with Gasteiger partial charge in [-0.3, -0.25) is 4.79 Å². The van der Waals surface area contributed by atoms with Gasteiger partial charge in [-0.1, -0.05) is 27.7 Å². The first kappa shape index (κ1) is 11.6. The molecule has 0 radical (unpaired) electrons. The zero-order valence-corrected chi connectivity index (χ0v) is 8.68. The zero-order chi connectivity index (χ0) is 9.56. The molecule has 0 aliphatic carbocycles. The van der Waals surface area contributed by atoms with Crippen LogP contribution in [0.2, 0.25) is 0 Å². The van der Waals surface area contributed by atoms with Gasteiger partial charge in [-0.2, -0.15) is 0 Å². The Kier molecular flexibility index (Phi) is 5.99. The molecule has 0 spiro atoms. The van der Waals surface area contributed by atoms with Crippen molar-refractivity contribution in [2.24, 2.45) is 5.92 Å². The number of nitrogens with one attached hydrogen (secondary N) is 1. The predicted octanol–water partition coefficient (Wildman–Crippen LogP) is 1.99. The molecule has 0 fully saturated rings. The SMILES string of the molecule is CC(C)CC(=O)CCNC(C)C. The van der Waals surface area contributed by atoms with E-state index in [0.717, 1.165) is 13.0 Å². The van der Waals surface area contributed by atoms with Crippen molar-refractivity contribution in [1.82, 2.24) is 5.32 Å². The van der Waals surface area contributed by atoms with Crippen LogP contribution in [0.15, 0.2) is 0 Å². The Bertz CT molecular complexity index is 130. The minimum Gasteiger partial charge on any atom is -0.314 e. The molecule has 12 heavy (non-hydrogen) atoms. The van der Waals surface area contributed by atoms with E-state index in [-0.39, 0.29) is 0 Å². The molecule has 0 bridgehead atoms. The lowest BCUT2D eigenvalue weighted by Crippen LogP contribution is -2.25. The van der Waals surface area contributed by atoms with Crippen molar-refractivity contribution < 1.29 is 4.79 Å². The van der Waals surface area contributed by atoms with E-state index in [0.29, 0.717) is 24.2 Å². The smallest absolute Gasteiger partial charge is 0.134 e. The van der Waals surface area contributed by atoms with Crippen molar-refractivity contribution in [2.75, 3.05) is 6.54 Å². The molecule has 0 aliphatic heterocycles. The normalized spacial score (nSPS) is 11.2. The molecule has 2 nitrogen and oxygen atoms in total. The summed E-state index contributed by atoms with van der Waals surface area (Å²) in [4.78, 5) is 11.2. The second-order valence-corrected chi connectivity index (χ2v) is 4.00. The van der Waals surface area contributed by atoms with E-state index in [1.54, 1.807) is 0 Å². The lowest BCUT2D eigenvalue weighted by Gasteiger charge is -2.07. The Morgan fingerprint density at radius 2 is 1.83 bits per heavy atom. The Labute approximate surface area is 75.7 Å². The van der Waals surface area contributed by atoms with Gasteiger partial charge in [0.05, 0.1) is 0 Å². The maximum atomic E-state index is 11.2. The van der Waals surface area contributed by atoms with Gasteiger partial charge >= 0.3 is 0 Å². The van der Waals surface area contributed by atoms with Crippen molar-refractivity contribution >= 4 is 5.78 Å². The topological polar surface area (TPSA) is 29.1 Å². The molecule has 0 rings (SSSR count). The summed E-state index contributed by atoms with van der Waals surface area (Å²) in [5.74, 6) is 0.870. The highest BCUT2D eigenvalue weighted by Crippen LogP contribution is 2.01. The van der Waals surface area contributed by atoms with Crippen LogP contribution in [0.3, 0.4) is 0 Å². The van der Waals surface area contributed by atoms with Gasteiger partial charge in [0.1, 0.15) is 5.78 Å². The summed E-state index contributed by atoms with van der Waals surface area (Å²) in [5, 5.41) is 3.23. The number of ketones is 1. The lowest BCUT2D eigenvalue weighted by atomic mass is 10.1. The Balaban J connectivity index is 3.32. The van der Waals surface area contributed by atoms with E-state index in [9.17, 15) is 4.79 Å². The molecule has 0 aromatic rings. The highest BCUT2D eigenvalue weighted by molar-refractivity contribution is 5.78. The van der Waals surface area contributed by atoms with Gasteiger partial charge in [0.2, 0.25) is 0 Å². The number of carbonyl (C=O) groups excluding carboxylic acids is 1. The minimum atomic E-state index is 0.373. The average molecular weight is 171 g/mol. The molecule has 0 saturated carbocycles. The maximum Gasteiger partial charge on any atom is 0.134 e. The summed E-state index contributed by atoms with van der Waals surface area (Å²) in [6, 6.07) is 0.483. The summed E-state index contributed by atoms with van der Waals surface area (Å²) in [6.07, 6.45) is 1.40. The third-order valence-electron chi connectivity index (χ3n) is 1.59. The van der Waals surface area contributed by atoms with E-state index >= 15 is 0 Å². The van der Waals surface area contributed by atoms with Crippen LogP contribution < -0.4 is 5.32 Å². The number of hydrogen-bond donors (Lipinski definition) is 1. The first-order valence-electron chi connectivity index (χ1n) is 4.77. The molecule has 0 aromatic heterocycles. The number of carbonyl (C=O) groups is 1. The van der Waals surface area contributed by atoms with Gasteiger partial charge in [0.15, 0.2) is 0 Å². The standard InChI is InChI=1S/C10H21NO/c1-8(2)7-10(12)5-6-11-9(3)4/h8-9,11H,5-7H2,1-4H3. The second kappa shape index (κ2) is 6.18. The first-order chi connectivity index (χ1) is 5.52. The van der Waals surface area contributed by atoms with E-state index in [1.807, 2.05) is 0 Å². The second-order valence-electron chi connectivity index (χ2n) is 4.00. The zero-order valence-electron chi connectivity index (χ0n) is 8.68. The van der Waals surface area contributed by atoms with E-state index < -0.39 is 0 Å². The molecule has 0 atom stereocenters. The van der Waals surface area contributed by atoms with Crippen molar-refractivity contribution in [2.45, 2.75) is 46.6 Å². The summed E-state index contributed by atoms with van der Waals surface area (Å²) >= 11 is 0. The highest BCUT2D eigenvalue weighted by atomic mass is 16.1. The fourth-order valence-corrected chi connectivity index (χ4v) is 1.06. The number of rotatable bonds is 6. The average Bonchev–Trinajstić information content (AvgIpc) is 1.84. The van der Waals surface area contributed by atoms with Gasteiger partial charge in [0.25, 0.3) is 0 Å². The third kappa shape index (κ3) is 7.73. The Hall–Kier alpha value is -0.370. The molecule has 1 N–H and O–H groups in total. The van der Waals surface area contributed by atoms with Crippen molar-refractivity contribution in [3.8, 4) is 0 Å². The molecule has 0 aromatic carbocycles. The van der Waals surface area contributed by atoms with E-state index in [2.05, 4.69) is 33.0 Å². The molecule has 0 aliphatic rings. The highest BCUT2D eigenvalue weighted by Gasteiger charge is 2.04.